The molecule has 0 aliphatic heterocycles. The second kappa shape index (κ2) is 9.96. The molecule has 0 aliphatic carbocycles. The second-order valence-corrected chi connectivity index (χ2v) is 8.77. The number of carbonyl (C=O) groups excluding carboxylic acids is 1. The van der Waals surface area contributed by atoms with Gasteiger partial charge in [0.1, 0.15) is 10.7 Å². The number of nitrogens with zero attached hydrogens (tertiary/aromatic N) is 5. The molecule has 0 aliphatic rings. The third-order valence-corrected chi connectivity index (χ3v) is 6.44. The monoisotopic (exact) mass is 498 g/mol. The Morgan fingerprint density at radius 2 is 1.64 bits per heavy atom. The summed E-state index contributed by atoms with van der Waals surface area (Å²) in [4.78, 5) is 17.7. The summed E-state index contributed by atoms with van der Waals surface area (Å²) in [5, 5.41) is 15.3. The summed E-state index contributed by atoms with van der Waals surface area (Å²) in [5.41, 5.74) is 16.3. The number of anilines is 2. The van der Waals surface area contributed by atoms with Gasteiger partial charge in [-0.15, -0.1) is 15.4 Å². The zero-order valence-electron chi connectivity index (χ0n) is 19.0. The van der Waals surface area contributed by atoms with E-state index in [1.165, 1.54) is 11.3 Å². The maximum atomic E-state index is 12.5. The summed E-state index contributed by atoms with van der Waals surface area (Å²) in [6, 6.07) is 21.6. The molecule has 2 aromatic heterocycles. The predicted molar refractivity (Wildman–Crippen MR) is 139 cm³/mol. The molecule has 0 amide bonds. The van der Waals surface area contributed by atoms with E-state index >= 15 is 0 Å². The molecule has 10 nitrogen and oxygen atoms in total. The first kappa shape index (κ1) is 23.2. The Hall–Kier alpha value is -4.58. The molecule has 0 saturated heterocycles. The first-order chi connectivity index (χ1) is 17.5. The number of carbonyl (C=O) groups is 1. The van der Waals surface area contributed by atoms with Gasteiger partial charge in [0.25, 0.3) is 0 Å². The molecule has 5 rings (SSSR count). The fourth-order valence-electron chi connectivity index (χ4n) is 3.44. The van der Waals surface area contributed by atoms with Crippen LogP contribution in [0.3, 0.4) is 0 Å². The molecule has 0 radical (unpaired) electrons. The Balaban J connectivity index is 1.27. The Morgan fingerprint density at radius 3 is 2.33 bits per heavy atom. The molecule has 2 heterocycles. The third kappa shape index (κ3) is 4.79. The lowest BCUT2D eigenvalue weighted by molar-refractivity contribution is 0.0451. The van der Waals surface area contributed by atoms with E-state index in [9.17, 15) is 4.79 Å². The van der Waals surface area contributed by atoms with Crippen LogP contribution in [0.15, 0.2) is 85.2 Å². The highest BCUT2D eigenvalue weighted by Crippen LogP contribution is 2.30. The van der Waals surface area contributed by atoms with Crippen LogP contribution in [0.1, 0.15) is 15.9 Å². The van der Waals surface area contributed by atoms with Crippen molar-refractivity contribution in [1.82, 2.24) is 20.0 Å². The van der Waals surface area contributed by atoms with Gasteiger partial charge < -0.3 is 16.3 Å². The average molecular weight is 499 g/mol. The van der Waals surface area contributed by atoms with Crippen molar-refractivity contribution >= 4 is 28.7 Å². The van der Waals surface area contributed by atoms with E-state index in [0.29, 0.717) is 28.5 Å². The summed E-state index contributed by atoms with van der Waals surface area (Å²) in [6.07, 6.45) is 3.65. The van der Waals surface area contributed by atoms with E-state index in [1.807, 2.05) is 30.5 Å². The normalized spacial score (nSPS) is 10.8. The topological polar surface area (TPSA) is 151 Å². The van der Waals surface area contributed by atoms with Gasteiger partial charge in [-0.25, -0.2) is 15.3 Å². The highest BCUT2D eigenvalue weighted by Gasteiger charge is 2.16. The Bertz CT molecular complexity index is 1500. The smallest absolute Gasteiger partial charge is 0.365 e. The van der Waals surface area contributed by atoms with Gasteiger partial charge in [0.05, 0.1) is 28.7 Å². The van der Waals surface area contributed by atoms with Crippen LogP contribution in [0, 0.1) is 0 Å². The number of para-hydroxylation sites is 2. The fourth-order valence-corrected chi connectivity index (χ4v) is 4.27. The third-order valence-electron chi connectivity index (χ3n) is 5.41. The van der Waals surface area contributed by atoms with Gasteiger partial charge in [-0.2, -0.15) is 5.10 Å². The van der Waals surface area contributed by atoms with Crippen LogP contribution in [-0.2, 0) is 11.4 Å². The fraction of sp³-hybridized carbons (Fsp3) is 0.0400. The standard InChI is InChI=1S/C25H22N8O2S/c26-13-16-5-11-20(12-6-16)32-15-19(14-29-32)24-31-30-23(36-24)17-7-9-18(10-8-17)25(34)35-33(28)22-4-2-1-3-21(22)27/h1-12,14-15H,13,26-28H2. The van der Waals surface area contributed by atoms with E-state index in [2.05, 4.69) is 15.3 Å². The van der Waals surface area contributed by atoms with Gasteiger partial charge in [0.15, 0.2) is 5.01 Å². The van der Waals surface area contributed by atoms with Gasteiger partial charge in [0, 0.05) is 18.3 Å². The Morgan fingerprint density at radius 1 is 0.944 bits per heavy atom. The second-order valence-electron chi connectivity index (χ2n) is 7.80. The van der Waals surface area contributed by atoms with E-state index in [0.717, 1.165) is 32.6 Å². The summed E-state index contributed by atoms with van der Waals surface area (Å²) < 4.78 is 1.78. The molecular weight excluding hydrogens is 476 g/mol. The maximum absolute atomic E-state index is 12.5. The Kier molecular flexibility index (Phi) is 6.41. The van der Waals surface area contributed by atoms with Gasteiger partial charge in [0.2, 0.25) is 0 Å². The van der Waals surface area contributed by atoms with Crippen molar-refractivity contribution in [3.63, 3.8) is 0 Å². The Labute approximate surface area is 210 Å². The van der Waals surface area contributed by atoms with Crippen LogP contribution >= 0.6 is 11.3 Å². The number of hydrogen-bond donors (Lipinski definition) is 3. The number of hydrogen-bond acceptors (Lipinski definition) is 10. The minimum Gasteiger partial charge on any atom is -0.397 e. The van der Waals surface area contributed by atoms with Crippen molar-refractivity contribution in [3.05, 3.63) is 96.3 Å². The molecule has 3 aromatic carbocycles. The van der Waals surface area contributed by atoms with E-state index in [-0.39, 0.29) is 0 Å². The van der Waals surface area contributed by atoms with E-state index in [4.69, 9.17) is 22.1 Å². The highest BCUT2D eigenvalue weighted by molar-refractivity contribution is 7.17. The molecule has 0 spiro atoms. The van der Waals surface area contributed by atoms with Gasteiger partial charge in [-0.1, -0.05) is 47.7 Å². The minimum absolute atomic E-state index is 0.329. The largest absolute Gasteiger partial charge is 0.397 e. The summed E-state index contributed by atoms with van der Waals surface area (Å²) in [7, 11) is 0. The van der Waals surface area contributed by atoms with Crippen molar-refractivity contribution in [2.75, 3.05) is 10.9 Å². The van der Waals surface area contributed by atoms with Crippen LogP contribution in [0.25, 0.3) is 26.8 Å². The predicted octanol–water partition coefficient (Wildman–Crippen LogP) is 3.55. The van der Waals surface area contributed by atoms with Crippen LogP contribution in [-0.4, -0.2) is 25.9 Å². The summed E-state index contributed by atoms with van der Waals surface area (Å²) in [6.45, 7) is 0.495. The molecule has 0 saturated carbocycles. The van der Waals surface area contributed by atoms with Crippen molar-refractivity contribution in [2.24, 2.45) is 11.6 Å². The number of nitrogen functional groups attached to an aromatic ring is 1. The van der Waals surface area contributed by atoms with Crippen molar-refractivity contribution in [3.8, 4) is 26.8 Å². The highest BCUT2D eigenvalue weighted by atomic mass is 32.1. The number of hydrazine groups is 1. The SMILES string of the molecule is NCc1ccc(-n2cc(-c3nnc(-c4ccc(C(=O)ON(N)c5ccccc5N)cc4)s3)cn2)cc1. The zero-order valence-corrected chi connectivity index (χ0v) is 19.8. The molecule has 0 atom stereocenters. The van der Waals surface area contributed by atoms with Crippen molar-refractivity contribution < 1.29 is 9.63 Å². The van der Waals surface area contributed by atoms with Crippen LogP contribution < -0.4 is 22.5 Å². The van der Waals surface area contributed by atoms with Crippen LogP contribution in [0.5, 0.6) is 0 Å². The molecule has 0 fully saturated rings. The van der Waals surface area contributed by atoms with Crippen molar-refractivity contribution in [1.29, 1.82) is 0 Å². The summed E-state index contributed by atoms with van der Waals surface area (Å²) in [5.74, 6) is 5.23. The molecule has 180 valence electrons. The molecule has 36 heavy (non-hydrogen) atoms. The van der Waals surface area contributed by atoms with Gasteiger partial charge in [-0.05, 0) is 42.0 Å². The first-order valence-electron chi connectivity index (χ1n) is 10.9. The van der Waals surface area contributed by atoms with Crippen molar-refractivity contribution in [2.45, 2.75) is 6.54 Å². The van der Waals surface area contributed by atoms with Gasteiger partial charge >= 0.3 is 5.97 Å². The zero-order chi connectivity index (χ0) is 25.1. The molecule has 6 N–H and O–H groups in total. The molecule has 0 unspecified atom stereocenters. The minimum atomic E-state index is -0.614. The van der Waals surface area contributed by atoms with Crippen LogP contribution in [0.4, 0.5) is 11.4 Å². The molecule has 11 heteroatoms. The summed E-state index contributed by atoms with van der Waals surface area (Å²) >= 11 is 1.43. The number of aromatic nitrogens is 4. The number of benzene rings is 3. The van der Waals surface area contributed by atoms with Crippen LogP contribution in [0.2, 0.25) is 0 Å². The first-order valence-corrected chi connectivity index (χ1v) is 11.7. The maximum Gasteiger partial charge on any atom is 0.365 e. The molecular formula is C25H22N8O2S. The number of rotatable bonds is 7. The van der Waals surface area contributed by atoms with E-state index < -0.39 is 5.97 Å². The molecule has 0 bridgehead atoms. The lowest BCUT2D eigenvalue weighted by Crippen LogP contribution is -2.34. The lowest BCUT2D eigenvalue weighted by atomic mass is 10.1. The lowest BCUT2D eigenvalue weighted by Gasteiger charge is -2.18. The number of nitrogens with two attached hydrogens (primary N) is 3. The van der Waals surface area contributed by atoms with E-state index in [1.54, 1.807) is 59.4 Å². The molecule has 5 aromatic rings. The average Bonchev–Trinajstić information content (AvgIpc) is 3.59. The quantitative estimate of drug-likeness (QED) is 0.174. The van der Waals surface area contributed by atoms with Gasteiger partial charge in [-0.3, -0.25) is 0 Å².